The van der Waals surface area contributed by atoms with E-state index < -0.39 is 0 Å². The molecule has 0 unspecified atom stereocenters. The molecule has 0 fully saturated rings. The highest BCUT2D eigenvalue weighted by Crippen LogP contribution is 2.15. The number of benzene rings is 1. The minimum absolute atomic E-state index is 0.986. The van der Waals surface area contributed by atoms with E-state index in [2.05, 4.69) is 41.6 Å². The summed E-state index contributed by atoms with van der Waals surface area (Å²) in [6, 6.07) is 6.28. The lowest BCUT2D eigenvalue weighted by Crippen LogP contribution is -1.90. The van der Waals surface area contributed by atoms with Gasteiger partial charge in [-0.1, -0.05) is 12.1 Å². The lowest BCUT2D eigenvalue weighted by Gasteiger charge is -1.98. The van der Waals surface area contributed by atoms with Gasteiger partial charge >= 0.3 is 0 Å². The molecule has 0 N–H and O–H groups in total. The summed E-state index contributed by atoms with van der Waals surface area (Å²) >= 11 is 0. The molecule has 1 aromatic heterocycles. The molecule has 0 bridgehead atoms. The first-order valence-corrected chi connectivity index (χ1v) is 4.23. The van der Waals surface area contributed by atoms with Crippen molar-refractivity contribution >= 4 is 11.0 Å². The van der Waals surface area contributed by atoms with Crippen molar-refractivity contribution in [3.8, 4) is 0 Å². The largest absolute Gasteiger partial charge is 0.331 e. The van der Waals surface area contributed by atoms with Crippen LogP contribution in [-0.2, 0) is 6.54 Å². The summed E-state index contributed by atoms with van der Waals surface area (Å²) in [5, 5.41) is 0. The molecule has 62 valence electrons. The third-order valence-electron chi connectivity index (χ3n) is 2.19. The summed E-state index contributed by atoms with van der Waals surface area (Å²) in [4.78, 5) is 4.35. The van der Waals surface area contributed by atoms with E-state index in [1.54, 1.807) is 0 Å². The third kappa shape index (κ3) is 0.916. The lowest BCUT2D eigenvalue weighted by molar-refractivity contribution is 0.787. The van der Waals surface area contributed by atoms with Gasteiger partial charge < -0.3 is 4.57 Å². The molecule has 12 heavy (non-hydrogen) atoms. The van der Waals surface area contributed by atoms with Crippen LogP contribution in [-0.4, -0.2) is 9.55 Å². The first-order chi connectivity index (χ1) is 5.83. The van der Waals surface area contributed by atoms with Gasteiger partial charge in [-0.05, 0) is 25.5 Å². The molecule has 2 rings (SSSR count). The Morgan fingerprint density at radius 2 is 2.25 bits per heavy atom. The maximum atomic E-state index is 4.35. The molecule has 0 saturated carbocycles. The van der Waals surface area contributed by atoms with Gasteiger partial charge in [0.25, 0.3) is 0 Å². The van der Waals surface area contributed by atoms with Crippen molar-refractivity contribution in [1.82, 2.24) is 9.55 Å². The van der Waals surface area contributed by atoms with Gasteiger partial charge in [-0.25, -0.2) is 4.98 Å². The topological polar surface area (TPSA) is 17.8 Å². The number of hydrogen-bond donors (Lipinski definition) is 0. The monoisotopic (exact) mass is 160 g/mol. The second-order valence-electron chi connectivity index (χ2n) is 2.97. The van der Waals surface area contributed by atoms with Crippen molar-refractivity contribution in [1.29, 1.82) is 0 Å². The Kier molecular flexibility index (Phi) is 1.61. The molecule has 0 spiro atoms. The standard InChI is InChI=1S/C10H12N2/c1-3-12-7-11-10-8(2)5-4-6-9(10)12/h4-7H,3H2,1-2H3. The highest BCUT2D eigenvalue weighted by molar-refractivity contribution is 5.78. The van der Waals surface area contributed by atoms with Crippen LogP contribution < -0.4 is 0 Å². The Balaban J connectivity index is 2.80. The zero-order valence-electron chi connectivity index (χ0n) is 7.41. The van der Waals surface area contributed by atoms with E-state index in [-0.39, 0.29) is 0 Å². The van der Waals surface area contributed by atoms with Crippen LogP contribution in [0, 0.1) is 6.92 Å². The quantitative estimate of drug-likeness (QED) is 0.626. The number of aryl methyl sites for hydroxylation is 2. The molecule has 2 heteroatoms. The molecule has 0 aliphatic carbocycles. The zero-order chi connectivity index (χ0) is 8.55. The van der Waals surface area contributed by atoms with E-state index >= 15 is 0 Å². The van der Waals surface area contributed by atoms with E-state index in [1.165, 1.54) is 11.1 Å². The zero-order valence-corrected chi connectivity index (χ0v) is 7.41. The minimum atomic E-state index is 0.986. The Morgan fingerprint density at radius 1 is 1.42 bits per heavy atom. The molecule has 0 saturated heterocycles. The van der Waals surface area contributed by atoms with Crippen LogP contribution in [0.15, 0.2) is 24.5 Å². The summed E-state index contributed by atoms with van der Waals surface area (Å²) in [7, 11) is 0. The van der Waals surface area contributed by atoms with Gasteiger partial charge in [-0.3, -0.25) is 0 Å². The van der Waals surface area contributed by atoms with E-state index in [1.807, 2.05) is 6.33 Å². The number of imidazole rings is 1. The van der Waals surface area contributed by atoms with Gasteiger partial charge in [0.15, 0.2) is 0 Å². The van der Waals surface area contributed by atoms with Crippen molar-refractivity contribution in [2.24, 2.45) is 0 Å². The van der Waals surface area contributed by atoms with Gasteiger partial charge in [-0.15, -0.1) is 0 Å². The average molecular weight is 160 g/mol. The average Bonchev–Trinajstić information content (AvgIpc) is 2.49. The molecule has 2 nitrogen and oxygen atoms in total. The Bertz CT molecular complexity index is 401. The second kappa shape index (κ2) is 2.63. The number of hydrogen-bond acceptors (Lipinski definition) is 1. The smallest absolute Gasteiger partial charge is 0.0958 e. The van der Waals surface area contributed by atoms with Crippen LogP contribution in [0.3, 0.4) is 0 Å². The normalized spacial score (nSPS) is 10.8. The van der Waals surface area contributed by atoms with Crippen molar-refractivity contribution < 1.29 is 0 Å². The molecule has 1 aromatic carbocycles. The summed E-state index contributed by atoms with van der Waals surface area (Å²) in [6.45, 7) is 5.21. The Labute approximate surface area is 71.8 Å². The Morgan fingerprint density at radius 3 is 3.00 bits per heavy atom. The van der Waals surface area contributed by atoms with Gasteiger partial charge in [0.2, 0.25) is 0 Å². The van der Waals surface area contributed by atoms with Crippen LogP contribution >= 0.6 is 0 Å². The molecule has 0 amide bonds. The van der Waals surface area contributed by atoms with Crippen molar-refractivity contribution in [2.75, 3.05) is 0 Å². The third-order valence-corrected chi connectivity index (χ3v) is 2.19. The molecule has 2 aromatic rings. The fraction of sp³-hybridized carbons (Fsp3) is 0.300. The SMILES string of the molecule is CCn1cnc2c(C)cccc21. The molecular weight excluding hydrogens is 148 g/mol. The molecule has 0 aliphatic rings. The predicted octanol–water partition coefficient (Wildman–Crippen LogP) is 2.36. The van der Waals surface area contributed by atoms with E-state index in [0.29, 0.717) is 0 Å². The highest BCUT2D eigenvalue weighted by Gasteiger charge is 2.01. The second-order valence-corrected chi connectivity index (χ2v) is 2.97. The molecular formula is C10H12N2. The van der Waals surface area contributed by atoms with Crippen LogP contribution in [0.1, 0.15) is 12.5 Å². The van der Waals surface area contributed by atoms with E-state index in [0.717, 1.165) is 12.1 Å². The first-order valence-electron chi connectivity index (χ1n) is 4.23. The molecule has 0 aliphatic heterocycles. The van der Waals surface area contributed by atoms with Gasteiger partial charge in [0.05, 0.1) is 17.4 Å². The number of para-hydroxylation sites is 1. The van der Waals surface area contributed by atoms with Crippen LogP contribution in [0.2, 0.25) is 0 Å². The molecule has 1 heterocycles. The minimum Gasteiger partial charge on any atom is -0.331 e. The number of nitrogens with zero attached hydrogens (tertiary/aromatic N) is 2. The number of rotatable bonds is 1. The molecule has 0 radical (unpaired) electrons. The highest BCUT2D eigenvalue weighted by atomic mass is 15.0. The Hall–Kier alpha value is -1.31. The van der Waals surface area contributed by atoms with E-state index in [9.17, 15) is 0 Å². The van der Waals surface area contributed by atoms with Gasteiger partial charge in [0.1, 0.15) is 0 Å². The van der Waals surface area contributed by atoms with Crippen molar-refractivity contribution in [2.45, 2.75) is 20.4 Å². The summed E-state index contributed by atoms with van der Waals surface area (Å²) in [5.74, 6) is 0. The van der Waals surface area contributed by atoms with E-state index in [4.69, 9.17) is 0 Å². The van der Waals surface area contributed by atoms with Gasteiger partial charge in [0, 0.05) is 6.54 Å². The maximum Gasteiger partial charge on any atom is 0.0958 e. The first kappa shape index (κ1) is 7.35. The van der Waals surface area contributed by atoms with Crippen LogP contribution in [0.4, 0.5) is 0 Å². The van der Waals surface area contributed by atoms with Crippen molar-refractivity contribution in [3.63, 3.8) is 0 Å². The summed E-state index contributed by atoms with van der Waals surface area (Å²) < 4.78 is 2.16. The fourth-order valence-electron chi connectivity index (χ4n) is 1.48. The van der Waals surface area contributed by atoms with Gasteiger partial charge in [-0.2, -0.15) is 0 Å². The number of aromatic nitrogens is 2. The predicted molar refractivity (Wildman–Crippen MR) is 50.1 cm³/mol. The lowest BCUT2D eigenvalue weighted by atomic mass is 10.2. The summed E-state index contributed by atoms with van der Waals surface area (Å²) in [5.41, 5.74) is 3.61. The van der Waals surface area contributed by atoms with Crippen LogP contribution in [0.25, 0.3) is 11.0 Å². The van der Waals surface area contributed by atoms with Crippen LogP contribution in [0.5, 0.6) is 0 Å². The molecule has 0 atom stereocenters. The number of fused-ring (bicyclic) bond motifs is 1. The summed E-state index contributed by atoms with van der Waals surface area (Å²) in [6.07, 6.45) is 1.90. The fourth-order valence-corrected chi connectivity index (χ4v) is 1.48. The maximum absolute atomic E-state index is 4.35. The van der Waals surface area contributed by atoms with Crippen molar-refractivity contribution in [3.05, 3.63) is 30.1 Å².